The number of hydrogen-bond donors (Lipinski definition) is 1. The molecular formula is C11H9F3N2O. The summed E-state index contributed by atoms with van der Waals surface area (Å²) >= 11 is 0. The molecule has 6 heteroatoms. The minimum atomic E-state index is -4.33. The first-order chi connectivity index (χ1) is 8.05. The summed E-state index contributed by atoms with van der Waals surface area (Å²) in [7, 11) is 0. The molecule has 0 saturated heterocycles. The lowest BCUT2D eigenvalue weighted by Gasteiger charge is -2.08. The number of benzene rings is 1. The van der Waals surface area contributed by atoms with Gasteiger partial charge in [0, 0.05) is 0 Å². The molecule has 90 valence electrons. The number of nitrogens with zero attached hydrogens (tertiary/aromatic N) is 1. The van der Waals surface area contributed by atoms with Crippen molar-refractivity contribution in [3.8, 4) is 5.75 Å². The molecule has 1 heterocycles. The van der Waals surface area contributed by atoms with E-state index >= 15 is 0 Å². The molecule has 0 aliphatic carbocycles. The number of halogens is 3. The van der Waals surface area contributed by atoms with Crippen LogP contribution in [0.5, 0.6) is 5.75 Å². The van der Waals surface area contributed by atoms with Crippen LogP contribution >= 0.6 is 0 Å². The number of aromatic amines is 1. The Labute approximate surface area is 95.2 Å². The molecule has 0 amide bonds. The predicted molar refractivity (Wildman–Crippen MR) is 54.4 cm³/mol. The van der Waals surface area contributed by atoms with Crippen molar-refractivity contribution in [2.75, 3.05) is 0 Å². The van der Waals surface area contributed by atoms with E-state index in [1.54, 1.807) is 6.07 Å². The second-order valence-electron chi connectivity index (χ2n) is 3.42. The summed E-state index contributed by atoms with van der Waals surface area (Å²) < 4.78 is 42.5. The standard InChI is InChI=1S/C11H9F3N2O/c12-11(13,14)9-3-1-2-8(4-9)7-17-10-5-15-16-6-10/h1-6H,7H2,(H,15,16). The molecule has 0 saturated carbocycles. The summed E-state index contributed by atoms with van der Waals surface area (Å²) in [5, 5.41) is 6.21. The highest BCUT2D eigenvalue weighted by atomic mass is 19.4. The van der Waals surface area contributed by atoms with E-state index in [0.717, 1.165) is 12.1 Å². The molecule has 1 aromatic heterocycles. The third kappa shape index (κ3) is 2.99. The highest BCUT2D eigenvalue weighted by molar-refractivity contribution is 5.25. The lowest BCUT2D eigenvalue weighted by molar-refractivity contribution is -0.137. The van der Waals surface area contributed by atoms with E-state index in [9.17, 15) is 13.2 Å². The van der Waals surface area contributed by atoms with Gasteiger partial charge in [0.1, 0.15) is 6.61 Å². The van der Waals surface area contributed by atoms with Gasteiger partial charge in [-0.15, -0.1) is 0 Å². The second kappa shape index (κ2) is 4.48. The van der Waals surface area contributed by atoms with Gasteiger partial charge < -0.3 is 4.74 Å². The monoisotopic (exact) mass is 242 g/mol. The fourth-order valence-corrected chi connectivity index (χ4v) is 1.32. The zero-order valence-corrected chi connectivity index (χ0v) is 8.66. The average molecular weight is 242 g/mol. The molecule has 1 N–H and O–H groups in total. The Morgan fingerprint density at radius 2 is 2.12 bits per heavy atom. The van der Waals surface area contributed by atoms with E-state index in [-0.39, 0.29) is 6.61 Å². The lowest BCUT2D eigenvalue weighted by atomic mass is 10.1. The summed E-state index contributed by atoms with van der Waals surface area (Å²) in [6, 6.07) is 5.04. The van der Waals surface area contributed by atoms with E-state index in [1.807, 2.05) is 0 Å². The predicted octanol–water partition coefficient (Wildman–Crippen LogP) is 3.01. The van der Waals surface area contributed by atoms with Crippen LogP contribution in [0.1, 0.15) is 11.1 Å². The summed E-state index contributed by atoms with van der Waals surface area (Å²) in [6.45, 7) is 0.0729. The van der Waals surface area contributed by atoms with Crippen LogP contribution in [0.2, 0.25) is 0 Å². The van der Waals surface area contributed by atoms with Crippen molar-refractivity contribution in [1.82, 2.24) is 10.2 Å². The molecule has 3 nitrogen and oxygen atoms in total. The molecule has 0 aliphatic heterocycles. The van der Waals surface area contributed by atoms with Crippen molar-refractivity contribution in [3.05, 3.63) is 47.8 Å². The molecule has 17 heavy (non-hydrogen) atoms. The fourth-order valence-electron chi connectivity index (χ4n) is 1.32. The normalized spacial score (nSPS) is 11.5. The van der Waals surface area contributed by atoms with Gasteiger partial charge in [0.2, 0.25) is 0 Å². The second-order valence-corrected chi connectivity index (χ2v) is 3.42. The third-order valence-corrected chi connectivity index (χ3v) is 2.13. The van der Waals surface area contributed by atoms with Gasteiger partial charge in [-0.05, 0) is 17.7 Å². The van der Waals surface area contributed by atoms with Crippen LogP contribution < -0.4 is 4.74 Å². The maximum atomic E-state index is 12.4. The average Bonchev–Trinajstić information content (AvgIpc) is 2.78. The molecule has 0 spiro atoms. The Morgan fingerprint density at radius 3 is 2.76 bits per heavy atom. The van der Waals surface area contributed by atoms with Crippen molar-refractivity contribution in [1.29, 1.82) is 0 Å². The molecule has 2 aromatic rings. The first kappa shape index (κ1) is 11.5. The van der Waals surface area contributed by atoms with Gasteiger partial charge in [-0.3, -0.25) is 5.10 Å². The molecule has 0 atom stereocenters. The van der Waals surface area contributed by atoms with Gasteiger partial charge >= 0.3 is 6.18 Å². The van der Waals surface area contributed by atoms with Gasteiger partial charge in [0.25, 0.3) is 0 Å². The van der Waals surface area contributed by atoms with E-state index in [1.165, 1.54) is 18.5 Å². The zero-order valence-electron chi connectivity index (χ0n) is 8.66. The quantitative estimate of drug-likeness (QED) is 0.898. The van der Waals surface area contributed by atoms with E-state index in [0.29, 0.717) is 11.3 Å². The maximum absolute atomic E-state index is 12.4. The number of ether oxygens (including phenoxy) is 1. The molecular weight excluding hydrogens is 233 g/mol. The largest absolute Gasteiger partial charge is 0.486 e. The van der Waals surface area contributed by atoms with Crippen LogP contribution in [-0.4, -0.2) is 10.2 Å². The third-order valence-electron chi connectivity index (χ3n) is 2.13. The molecule has 1 aromatic carbocycles. The molecule has 0 bridgehead atoms. The van der Waals surface area contributed by atoms with Crippen molar-refractivity contribution in [2.45, 2.75) is 12.8 Å². The van der Waals surface area contributed by atoms with Crippen molar-refractivity contribution in [2.24, 2.45) is 0 Å². The Kier molecular flexibility index (Phi) is 3.03. The smallest absolute Gasteiger partial charge is 0.416 e. The Balaban J connectivity index is 2.07. The van der Waals surface area contributed by atoms with E-state index in [4.69, 9.17) is 4.74 Å². The molecule has 2 rings (SSSR count). The summed E-state index contributed by atoms with van der Waals surface area (Å²) in [6.07, 6.45) is -1.35. The molecule has 0 aliphatic rings. The number of aromatic nitrogens is 2. The minimum Gasteiger partial charge on any atom is -0.486 e. The van der Waals surface area contributed by atoms with Crippen molar-refractivity contribution >= 4 is 0 Å². The number of hydrogen-bond acceptors (Lipinski definition) is 2. The SMILES string of the molecule is FC(F)(F)c1cccc(COc2cn[nH]c2)c1. The topological polar surface area (TPSA) is 37.9 Å². The van der Waals surface area contributed by atoms with Crippen LogP contribution in [0, 0.1) is 0 Å². The summed E-state index contributed by atoms with van der Waals surface area (Å²) in [4.78, 5) is 0. The van der Waals surface area contributed by atoms with Gasteiger partial charge in [-0.1, -0.05) is 12.1 Å². The number of alkyl halides is 3. The number of H-pyrrole nitrogens is 1. The van der Waals surface area contributed by atoms with Crippen LogP contribution in [0.25, 0.3) is 0 Å². The highest BCUT2D eigenvalue weighted by Crippen LogP contribution is 2.29. The van der Waals surface area contributed by atoms with Crippen LogP contribution in [0.4, 0.5) is 13.2 Å². The maximum Gasteiger partial charge on any atom is 0.416 e. The van der Waals surface area contributed by atoms with Crippen LogP contribution in [0.3, 0.4) is 0 Å². The first-order valence-electron chi connectivity index (χ1n) is 4.83. The Bertz CT molecular complexity index is 480. The summed E-state index contributed by atoms with van der Waals surface area (Å²) in [5.41, 5.74) is -0.216. The fraction of sp³-hybridized carbons (Fsp3) is 0.182. The lowest BCUT2D eigenvalue weighted by Crippen LogP contribution is -2.06. The minimum absolute atomic E-state index is 0.0729. The van der Waals surface area contributed by atoms with E-state index in [2.05, 4.69) is 10.2 Å². The molecule has 0 unspecified atom stereocenters. The number of nitrogens with one attached hydrogen (secondary N) is 1. The first-order valence-corrected chi connectivity index (χ1v) is 4.83. The van der Waals surface area contributed by atoms with E-state index < -0.39 is 11.7 Å². The van der Waals surface area contributed by atoms with Crippen molar-refractivity contribution in [3.63, 3.8) is 0 Å². The van der Waals surface area contributed by atoms with Gasteiger partial charge in [-0.25, -0.2) is 0 Å². The Hall–Kier alpha value is -1.98. The van der Waals surface area contributed by atoms with Gasteiger partial charge in [0.05, 0.1) is 18.0 Å². The van der Waals surface area contributed by atoms with Crippen LogP contribution in [0.15, 0.2) is 36.7 Å². The number of rotatable bonds is 3. The van der Waals surface area contributed by atoms with Gasteiger partial charge in [0.15, 0.2) is 5.75 Å². The van der Waals surface area contributed by atoms with Crippen LogP contribution in [-0.2, 0) is 12.8 Å². The molecule has 0 fully saturated rings. The van der Waals surface area contributed by atoms with Gasteiger partial charge in [-0.2, -0.15) is 18.3 Å². The Morgan fingerprint density at radius 1 is 1.29 bits per heavy atom. The zero-order chi connectivity index (χ0) is 12.3. The van der Waals surface area contributed by atoms with Crippen molar-refractivity contribution < 1.29 is 17.9 Å². The highest BCUT2D eigenvalue weighted by Gasteiger charge is 2.30. The summed E-state index contributed by atoms with van der Waals surface area (Å²) in [5.74, 6) is 0.488. The molecule has 0 radical (unpaired) electrons.